The van der Waals surface area contributed by atoms with Gasteiger partial charge in [-0.15, -0.1) is 0 Å². The number of amides is 2. The Balaban J connectivity index is 2.26. The predicted molar refractivity (Wildman–Crippen MR) is 120 cm³/mol. The fourth-order valence-electron chi connectivity index (χ4n) is 2.81. The van der Waals surface area contributed by atoms with Gasteiger partial charge in [-0.2, -0.15) is 0 Å². The Morgan fingerprint density at radius 1 is 1.00 bits per heavy atom. The first-order valence-corrected chi connectivity index (χ1v) is 10.6. The van der Waals surface area contributed by atoms with E-state index in [1.54, 1.807) is 48.2 Å². The second-order valence-corrected chi connectivity index (χ2v) is 8.32. The fraction of sp³-hybridized carbons (Fsp3) is 0.364. The van der Waals surface area contributed by atoms with Crippen molar-refractivity contribution in [1.29, 1.82) is 0 Å². The molecule has 2 aromatic rings. The molecule has 2 amide bonds. The summed E-state index contributed by atoms with van der Waals surface area (Å²) in [5.41, 5.74) is 1.58. The molecule has 0 aliphatic carbocycles. The van der Waals surface area contributed by atoms with E-state index >= 15 is 0 Å². The Labute approximate surface area is 187 Å². The minimum Gasteiger partial charge on any atom is -0.352 e. The van der Waals surface area contributed by atoms with E-state index in [4.69, 9.17) is 34.8 Å². The van der Waals surface area contributed by atoms with Crippen LogP contribution >= 0.6 is 34.8 Å². The minimum atomic E-state index is -0.648. The third-order valence-corrected chi connectivity index (χ3v) is 5.72. The topological polar surface area (TPSA) is 49.4 Å². The van der Waals surface area contributed by atoms with Crippen molar-refractivity contribution in [3.05, 3.63) is 68.7 Å². The second kappa shape index (κ2) is 10.9. The van der Waals surface area contributed by atoms with E-state index in [0.717, 1.165) is 17.5 Å². The first-order valence-electron chi connectivity index (χ1n) is 9.49. The van der Waals surface area contributed by atoms with Gasteiger partial charge in [0.2, 0.25) is 11.8 Å². The van der Waals surface area contributed by atoms with Crippen LogP contribution in [0.25, 0.3) is 0 Å². The van der Waals surface area contributed by atoms with Crippen LogP contribution in [0.4, 0.5) is 0 Å². The molecule has 29 heavy (non-hydrogen) atoms. The maximum Gasteiger partial charge on any atom is 0.242 e. The lowest BCUT2D eigenvalue weighted by molar-refractivity contribution is -0.140. The SMILES string of the molecule is CC[C@@H](C)NC(=O)[C@@H](C)N(Cc1ccc(Cl)c(Cl)c1)C(=O)Cc1cccc(Cl)c1. The summed E-state index contributed by atoms with van der Waals surface area (Å²) in [6.45, 7) is 5.89. The van der Waals surface area contributed by atoms with Gasteiger partial charge < -0.3 is 10.2 Å². The van der Waals surface area contributed by atoms with Crippen LogP contribution < -0.4 is 5.32 Å². The number of rotatable bonds is 8. The van der Waals surface area contributed by atoms with Crippen LogP contribution in [0, 0.1) is 0 Å². The molecule has 2 aromatic carbocycles. The van der Waals surface area contributed by atoms with E-state index in [-0.39, 0.29) is 30.8 Å². The Bertz CT molecular complexity index is 873. The monoisotopic (exact) mass is 454 g/mol. The molecule has 0 aliphatic rings. The van der Waals surface area contributed by atoms with Gasteiger partial charge in [0.15, 0.2) is 0 Å². The van der Waals surface area contributed by atoms with Gasteiger partial charge in [0.25, 0.3) is 0 Å². The molecule has 0 bridgehead atoms. The highest BCUT2D eigenvalue weighted by molar-refractivity contribution is 6.42. The summed E-state index contributed by atoms with van der Waals surface area (Å²) in [5.74, 6) is -0.371. The summed E-state index contributed by atoms with van der Waals surface area (Å²) in [6.07, 6.45) is 0.949. The number of halogens is 3. The zero-order valence-electron chi connectivity index (χ0n) is 16.7. The van der Waals surface area contributed by atoms with E-state index in [1.807, 2.05) is 19.9 Å². The Morgan fingerprint density at radius 3 is 2.34 bits per heavy atom. The standard InChI is InChI=1S/C22H25Cl3N2O2/c1-4-14(2)26-22(29)15(3)27(13-17-8-9-19(24)20(25)11-17)21(28)12-16-6-5-7-18(23)10-16/h5-11,14-15H,4,12-13H2,1-3H3,(H,26,29)/t14-,15-/m1/s1. The third-order valence-electron chi connectivity index (χ3n) is 4.75. The minimum absolute atomic E-state index is 0.0276. The lowest BCUT2D eigenvalue weighted by atomic mass is 10.1. The molecular formula is C22H25Cl3N2O2. The highest BCUT2D eigenvalue weighted by Gasteiger charge is 2.27. The van der Waals surface area contributed by atoms with E-state index in [2.05, 4.69) is 5.32 Å². The van der Waals surface area contributed by atoms with Crippen LogP contribution in [0.15, 0.2) is 42.5 Å². The highest BCUT2D eigenvalue weighted by Crippen LogP contribution is 2.24. The zero-order valence-corrected chi connectivity index (χ0v) is 19.0. The second-order valence-electron chi connectivity index (χ2n) is 7.07. The third kappa shape index (κ3) is 6.91. The molecule has 0 saturated heterocycles. The van der Waals surface area contributed by atoms with Crippen molar-refractivity contribution in [1.82, 2.24) is 10.2 Å². The normalized spacial score (nSPS) is 12.9. The largest absolute Gasteiger partial charge is 0.352 e. The Morgan fingerprint density at radius 2 is 1.72 bits per heavy atom. The number of benzene rings is 2. The number of nitrogens with zero attached hydrogens (tertiary/aromatic N) is 1. The van der Waals surface area contributed by atoms with Crippen molar-refractivity contribution in [3.8, 4) is 0 Å². The molecular weight excluding hydrogens is 431 g/mol. The van der Waals surface area contributed by atoms with E-state index in [0.29, 0.717) is 15.1 Å². The summed E-state index contributed by atoms with van der Waals surface area (Å²) in [5, 5.41) is 4.35. The number of carbonyl (C=O) groups excluding carboxylic acids is 2. The van der Waals surface area contributed by atoms with Crippen molar-refractivity contribution in [2.45, 2.75) is 52.2 Å². The first-order chi connectivity index (χ1) is 13.7. The molecule has 7 heteroatoms. The summed E-state index contributed by atoms with van der Waals surface area (Å²) in [7, 11) is 0. The molecule has 2 atom stereocenters. The van der Waals surface area contributed by atoms with Gasteiger partial charge in [0.1, 0.15) is 6.04 Å². The van der Waals surface area contributed by atoms with Crippen LogP contribution in [0.2, 0.25) is 15.1 Å². The molecule has 0 spiro atoms. The van der Waals surface area contributed by atoms with Crippen molar-refractivity contribution in [3.63, 3.8) is 0 Å². The van der Waals surface area contributed by atoms with Crippen LogP contribution in [0.5, 0.6) is 0 Å². The van der Waals surface area contributed by atoms with Gasteiger partial charge in [-0.3, -0.25) is 9.59 Å². The lowest BCUT2D eigenvalue weighted by Crippen LogP contribution is -2.49. The first kappa shape index (κ1) is 23.5. The molecule has 0 aromatic heterocycles. The Hall–Kier alpha value is -1.75. The lowest BCUT2D eigenvalue weighted by Gasteiger charge is -2.30. The summed E-state index contributed by atoms with van der Waals surface area (Å²) < 4.78 is 0. The maximum absolute atomic E-state index is 13.1. The van der Waals surface area contributed by atoms with Crippen molar-refractivity contribution in [2.24, 2.45) is 0 Å². The Kier molecular flexibility index (Phi) is 8.81. The molecule has 1 N–H and O–H groups in total. The molecule has 4 nitrogen and oxygen atoms in total. The van der Waals surface area contributed by atoms with Crippen LogP contribution in [0.1, 0.15) is 38.3 Å². The molecule has 0 fully saturated rings. The van der Waals surface area contributed by atoms with Crippen molar-refractivity contribution >= 4 is 46.6 Å². The van der Waals surface area contributed by atoms with Crippen molar-refractivity contribution in [2.75, 3.05) is 0 Å². The number of carbonyl (C=O) groups is 2. The van der Waals surface area contributed by atoms with Gasteiger partial charge in [-0.1, -0.05) is 59.9 Å². The molecule has 0 aliphatic heterocycles. The highest BCUT2D eigenvalue weighted by atomic mass is 35.5. The van der Waals surface area contributed by atoms with Crippen LogP contribution in [-0.4, -0.2) is 28.8 Å². The predicted octanol–water partition coefficient (Wildman–Crippen LogP) is 5.52. The summed E-state index contributed by atoms with van der Waals surface area (Å²) in [4.78, 5) is 27.4. The van der Waals surface area contributed by atoms with Gasteiger partial charge in [-0.25, -0.2) is 0 Å². The molecule has 0 saturated carbocycles. The smallest absolute Gasteiger partial charge is 0.242 e. The van der Waals surface area contributed by atoms with Gasteiger partial charge in [0.05, 0.1) is 16.5 Å². The van der Waals surface area contributed by atoms with E-state index in [9.17, 15) is 9.59 Å². The molecule has 0 heterocycles. The van der Waals surface area contributed by atoms with Gasteiger partial charge >= 0.3 is 0 Å². The number of hydrogen-bond acceptors (Lipinski definition) is 2. The summed E-state index contributed by atoms with van der Waals surface area (Å²) in [6, 6.07) is 11.7. The van der Waals surface area contributed by atoms with E-state index < -0.39 is 6.04 Å². The molecule has 156 valence electrons. The maximum atomic E-state index is 13.1. The molecule has 2 rings (SSSR count). The van der Waals surface area contributed by atoms with E-state index in [1.165, 1.54) is 0 Å². The van der Waals surface area contributed by atoms with Crippen molar-refractivity contribution < 1.29 is 9.59 Å². The number of nitrogens with one attached hydrogen (secondary N) is 1. The quantitative estimate of drug-likeness (QED) is 0.569. The average molecular weight is 456 g/mol. The van der Waals surface area contributed by atoms with Gasteiger partial charge in [-0.05, 0) is 55.7 Å². The van der Waals surface area contributed by atoms with Gasteiger partial charge in [0, 0.05) is 17.6 Å². The summed E-state index contributed by atoms with van der Waals surface area (Å²) >= 11 is 18.2. The molecule has 0 radical (unpaired) electrons. The fourth-order valence-corrected chi connectivity index (χ4v) is 3.34. The number of hydrogen-bond donors (Lipinski definition) is 1. The zero-order chi connectivity index (χ0) is 21.6. The average Bonchev–Trinajstić information content (AvgIpc) is 2.68. The van der Waals surface area contributed by atoms with Crippen LogP contribution in [0.3, 0.4) is 0 Å². The molecule has 0 unspecified atom stereocenters. The van der Waals surface area contributed by atoms with Crippen LogP contribution in [-0.2, 0) is 22.6 Å².